The number of nitrogens with two attached hydrogens (primary N) is 2. The molecule has 0 spiro atoms. The minimum absolute atomic E-state index is 0.141. The van der Waals surface area contributed by atoms with Crippen molar-refractivity contribution in [1.29, 1.82) is 0 Å². The van der Waals surface area contributed by atoms with Gasteiger partial charge in [-0.2, -0.15) is 0 Å². The van der Waals surface area contributed by atoms with Crippen molar-refractivity contribution in [2.45, 2.75) is 26.8 Å². The molecule has 0 aliphatic carbocycles. The van der Waals surface area contributed by atoms with Gasteiger partial charge in [0.25, 0.3) is 5.91 Å². The average molecular weight is 383 g/mol. The van der Waals surface area contributed by atoms with E-state index >= 15 is 0 Å². The number of pyridine rings is 1. The maximum atomic E-state index is 12.7. The van der Waals surface area contributed by atoms with Crippen LogP contribution >= 0.6 is 0 Å². The lowest BCUT2D eigenvalue weighted by Gasteiger charge is -2.07. The first kappa shape index (κ1) is 19.2. The molecule has 0 aliphatic rings. The third-order valence-corrected chi connectivity index (χ3v) is 4.03. The normalized spacial score (nSPS) is 11.4. The molecule has 2 amide bonds. The van der Waals surface area contributed by atoms with E-state index in [2.05, 4.69) is 20.3 Å². The zero-order valence-electron chi connectivity index (χ0n) is 15.6. The first-order chi connectivity index (χ1) is 13.4. The van der Waals surface area contributed by atoms with Crippen LogP contribution in [0.15, 0.2) is 28.8 Å². The first-order valence-corrected chi connectivity index (χ1v) is 8.73. The lowest BCUT2D eigenvalue weighted by molar-refractivity contribution is 0.0988. The number of amides is 2. The molecule has 5 N–H and O–H groups in total. The van der Waals surface area contributed by atoms with Crippen LogP contribution in [0.2, 0.25) is 0 Å². The van der Waals surface area contributed by atoms with Crippen LogP contribution in [0.1, 0.15) is 39.4 Å². The zero-order valence-corrected chi connectivity index (χ0v) is 15.6. The summed E-state index contributed by atoms with van der Waals surface area (Å²) in [7, 11) is 0. The summed E-state index contributed by atoms with van der Waals surface area (Å²) in [5.74, 6) is -0.267. The Balaban J connectivity index is 2.02. The van der Waals surface area contributed by atoms with Crippen LogP contribution in [0, 0.1) is 6.92 Å². The second kappa shape index (κ2) is 8.01. The van der Waals surface area contributed by atoms with E-state index in [1.54, 1.807) is 17.6 Å². The molecule has 0 fully saturated rings. The highest BCUT2D eigenvalue weighted by molar-refractivity contribution is 6.03. The Morgan fingerprint density at radius 3 is 2.79 bits per heavy atom. The van der Waals surface area contributed by atoms with Crippen molar-refractivity contribution in [3.63, 3.8) is 0 Å². The monoisotopic (exact) mass is 383 g/mol. The number of primary amides is 1. The van der Waals surface area contributed by atoms with Crippen molar-refractivity contribution >= 4 is 28.9 Å². The number of aromatic nitrogens is 4. The Hall–Kier alpha value is -3.53. The largest absolute Gasteiger partial charge is 0.436 e. The van der Waals surface area contributed by atoms with E-state index in [0.717, 1.165) is 0 Å². The number of carbonyl (C=O) groups excluding carboxylic acids is 2. The molecule has 0 bridgehead atoms. The van der Waals surface area contributed by atoms with Crippen molar-refractivity contribution in [2.75, 3.05) is 11.9 Å². The number of hydrogen-bond acceptors (Lipinski definition) is 7. The molecule has 3 aromatic heterocycles. The fraction of sp³-hybridized carbons (Fsp3) is 0.278. The molecule has 0 saturated carbocycles. The molecular weight excluding hydrogens is 362 g/mol. The summed E-state index contributed by atoms with van der Waals surface area (Å²) in [6, 6.07) is 1.53. The van der Waals surface area contributed by atoms with Crippen LogP contribution in [0.25, 0.3) is 11.2 Å². The Labute approximate surface area is 160 Å². The summed E-state index contributed by atoms with van der Waals surface area (Å²) in [6.45, 7) is 4.32. The van der Waals surface area contributed by atoms with Gasteiger partial charge in [-0.1, -0.05) is 19.1 Å². The second-order valence-corrected chi connectivity index (χ2v) is 6.00. The number of hydrogen-bond donors (Lipinski definition) is 3. The molecule has 10 nitrogen and oxygen atoms in total. The van der Waals surface area contributed by atoms with Gasteiger partial charge in [0.05, 0.1) is 11.3 Å². The van der Waals surface area contributed by atoms with Gasteiger partial charge in [0.1, 0.15) is 5.52 Å². The third-order valence-electron chi connectivity index (χ3n) is 4.03. The fourth-order valence-electron chi connectivity index (χ4n) is 2.74. The van der Waals surface area contributed by atoms with E-state index in [-0.39, 0.29) is 17.3 Å². The second-order valence-electron chi connectivity index (χ2n) is 6.00. The fourth-order valence-corrected chi connectivity index (χ4v) is 2.74. The Morgan fingerprint density at radius 2 is 2.11 bits per heavy atom. The topological polar surface area (TPSA) is 155 Å². The molecule has 3 aromatic rings. The predicted octanol–water partition coefficient (Wildman–Crippen LogP) is 1.16. The number of nitrogens with zero attached hydrogens (tertiary/aromatic N) is 4. The van der Waals surface area contributed by atoms with Crippen LogP contribution in [0.5, 0.6) is 0 Å². The van der Waals surface area contributed by atoms with Gasteiger partial charge in [0.2, 0.25) is 17.6 Å². The molecule has 0 aliphatic heterocycles. The van der Waals surface area contributed by atoms with Gasteiger partial charge in [-0.3, -0.25) is 19.5 Å². The molecule has 0 aromatic carbocycles. The molecule has 0 unspecified atom stereocenters. The SMILES string of the molecule is CCc1nc(C)oc1C(=O)Nc1nc2cc(C(N)=O)cnc2n1C/C=C/CN. The maximum Gasteiger partial charge on any atom is 0.295 e. The van der Waals surface area contributed by atoms with Crippen LogP contribution < -0.4 is 16.8 Å². The lowest BCUT2D eigenvalue weighted by atomic mass is 10.2. The van der Waals surface area contributed by atoms with Crippen molar-refractivity contribution in [2.24, 2.45) is 11.5 Å². The predicted molar refractivity (Wildman–Crippen MR) is 103 cm³/mol. The molecule has 0 saturated heterocycles. The van der Waals surface area contributed by atoms with Gasteiger partial charge in [0.15, 0.2) is 11.5 Å². The standard InChI is InChI=1S/C18H21N7O3/c1-3-12-14(28-10(2)22-12)17(27)24-18-23-13-8-11(15(20)26)9-21-16(13)25(18)7-5-4-6-19/h4-5,8-9H,3,6-7,19H2,1-2H3,(H2,20,26)(H,23,24,27)/b5-4+. The lowest BCUT2D eigenvalue weighted by Crippen LogP contribution is -2.17. The highest BCUT2D eigenvalue weighted by Gasteiger charge is 2.21. The molecule has 0 atom stereocenters. The number of imidazole rings is 1. The van der Waals surface area contributed by atoms with E-state index in [0.29, 0.717) is 42.3 Å². The zero-order chi connectivity index (χ0) is 20.3. The summed E-state index contributed by atoms with van der Waals surface area (Å²) >= 11 is 0. The summed E-state index contributed by atoms with van der Waals surface area (Å²) in [5, 5.41) is 2.74. The highest BCUT2D eigenvalue weighted by atomic mass is 16.4. The number of allylic oxidation sites excluding steroid dienone is 1. The number of rotatable bonds is 7. The van der Waals surface area contributed by atoms with Gasteiger partial charge in [-0.15, -0.1) is 0 Å². The van der Waals surface area contributed by atoms with Crippen LogP contribution in [-0.4, -0.2) is 37.9 Å². The molecule has 3 rings (SSSR count). The number of anilines is 1. The third kappa shape index (κ3) is 3.76. The van der Waals surface area contributed by atoms with Crippen LogP contribution in [-0.2, 0) is 13.0 Å². The van der Waals surface area contributed by atoms with E-state index in [4.69, 9.17) is 15.9 Å². The van der Waals surface area contributed by atoms with Gasteiger partial charge in [0, 0.05) is 26.2 Å². The Morgan fingerprint density at radius 1 is 1.32 bits per heavy atom. The van der Waals surface area contributed by atoms with E-state index in [1.807, 2.05) is 13.0 Å². The van der Waals surface area contributed by atoms with Gasteiger partial charge in [-0.05, 0) is 12.5 Å². The number of fused-ring (bicyclic) bond motifs is 1. The smallest absolute Gasteiger partial charge is 0.295 e. The van der Waals surface area contributed by atoms with Gasteiger partial charge in [-0.25, -0.2) is 15.0 Å². The quantitative estimate of drug-likeness (QED) is 0.517. The molecule has 0 radical (unpaired) electrons. The Bertz CT molecular complexity index is 1060. The van der Waals surface area contributed by atoms with E-state index in [9.17, 15) is 9.59 Å². The van der Waals surface area contributed by atoms with Crippen molar-refractivity contribution in [3.05, 3.63) is 47.3 Å². The summed E-state index contributed by atoms with van der Waals surface area (Å²) in [6.07, 6.45) is 5.54. The van der Waals surface area contributed by atoms with Crippen molar-refractivity contribution in [1.82, 2.24) is 19.5 Å². The van der Waals surface area contributed by atoms with Crippen LogP contribution in [0.4, 0.5) is 5.95 Å². The van der Waals surface area contributed by atoms with E-state index < -0.39 is 11.8 Å². The van der Waals surface area contributed by atoms with E-state index in [1.165, 1.54) is 12.3 Å². The minimum Gasteiger partial charge on any atom is -0.436 e. The molecule has 10 heteroatoms. The summed E-state index contributed by atoms with van der Waals surface area (Å²) in [4.78, 5) is 37.0. The highest BCUT2D eigenvalue weighted by Crippen LogP contribution is 2.21. The number of carbonyl (C=O) groups is 2. The van der Waals surface area contributed by atoms with Crippen molar-refractivity contribution in [3.8, 4) is 0 Å². The van der Waals surface area contributed by atoms with Gasteiger partial charge < -0.3 is 15.9 Å². The van der Waals surface area contributed by atoms with Gasteiger partial charge >= 0.3 is 0 Å². The minimum atomic E-state index is -0.609. The molecular formula is C18H21N7O3. The number of aryl methyl sites for hydroxylation is 2. The first-order valence-electron chi connectivity index (χ1n) is 8.73. The van der Waals surface area contributed by atoms with Crippen LogP contribution in [0.3, 0.4) is 0 Å². The summed E-state index contributed by atoms with van der Waals surface area (Å²) in [5.41, 5.74) is 12.5. The number of oxazole rings is 1. The molecule has 3 heterocycles. The Kier molecular flexibility index (Phi) is 5.50. The summed E-state index contributed by atoms with van der Waals surface area (Å²) < 4.78 is 7.13. The molecule has 146 valence electrons. The number of nitrogens with one attached hydrogen (secondary N) is 1. The molecule has 28 heavy (non-hydrogen) atoms. The maximum absolute atomic E-state index is 12.7. The van der Waals surface area contributed by atoms with Crippen molar-refractivity contribution < 1.29 is 14.0 Å². The average Bonchev–Trinajstić information content (AvgIpc) is 3.21.